The Morgan fingerprint density at radius 2 is 1.96 bits per heavy atom. The van der Waals surface area contributed by atoms with Crippen molar-refractivity contribution in [2.24, 2.45) is 40.4 Å². The smallest absolute Gasteiger partial charge is 0.0577 e. The largest absolute Gasteiger partial charge is 0.393 e. The second-order valence-corrected chi connectivity index (χ2v) is 11.5. The maximum atomic E-state index is 10.2. The van der Waals surface area contributed by atoms with Crippen LogP contribution >= 0.6 is 15.9 Å². The molecule has 0 aliphatic heterocycles. The van der Waals surface area contributed by atoms with Gasteiger partial charge in [0, 0.05) is 5.33 Å². The monoisotopic (exact) mass is 422 g/mol. The minimum atomic E-state index is -0.0779. The van der Waals surface area contributed by atoms with Gasteiger partial charge in [-0.25, -0.2) is 0 Å². The highest BCUT2D eigenvalue weighted by Gasteiger charge is 2.58. The van der Waals surface area contributed by atoms with Crippen molar-refractivity contribution in [3.8, 4) is 0 Å². The van der Waals surface area contributed by atoms with Crippen LogP contribution in [0.1, 0.15) is 85.0 Å². The second kappa shape index (κ2) is 7.21. The number of aliphatic hydroxyl groups excluding tert-OH is 1. The molecule has 3 fully saturated rings. The molecule has 0 aromatic carbocycles. The van der Waals surface area contributed by atoms with Crippen LogP contribution in [0.4, 0.5) is 0 Å². The molecule has 0 aromatic rings. The van der Waals surface area contributed by atoms with Gasteiger partial charge < -0.3 is 5.11 Å². The lowest BCUT2D eigenvalue weighted by molar-refractivity contribution is -0.0571. The fraction of sp³-hybridized carbons (Fsp3) is 0.917. The number of hydrogen-bond acceptors (Lipinski definition) is 1. The highest BCUT2D eigenvalue weighted by molar-refractivity contribution is 9.09. The van der Waals surface area contributed by atoms with Crippen LogP contribution in [0.15, 0.2) is 11.6 Å². The zero-order valence-corrected chi connectivity index (χ0v) is 18.7. The van der Waals surface area contributed by atoms with Crippen LogP contribution in [0.5, 0.6) is 0 Å². The number of alkyl halides is 1. The molecule has 0 aromatic heterocycles. The molecule has 2 heteroatoms. The van der Waals surface area contributed by atoms with Crippen molar-refractivity contribution in [2.45, 2.75) is 91.1 Å². The zero-order valence-electron chi connectivity index (χ0n) is 17.1. The third-order valence-electron chi connectivity index (χ3n) is 9.63. The lowest BCUT2D eigenvalue weighted by Crippen LogP contribution is -2.50. The van der Waals surface area contributed by atoms with E-state index in [9.17, 15) is 5.11 Å². The minimum absolute atomic E-state index is 0.0779. The third kappa shape index (κ3) is 2.97. The van der Waals surface area contributed by atoms with Crippen LogP contribution in [0.3, 0.4) is 0 Å². The number of aliphatic hydroxyl groups is 1. The maximum Gasteiger partial charge on any atom is 0.0577 e. The highest BCUT2D eigenvalue weighted by Crippen LogP contribution is 2.67. The molecule has 0 amide bonds. The summed E-state index contributed by atoms with van der Waals surface area (Å²) in [4.78, 5) is 0. The van der Waals surface area contributed by atoms with E-state index in [0.29, 0.717) is 10.8 Å². The first-order chi connectivity index (χ1) is 12.4. The van der Waals surface area contributed by atoms with E-state index < -0.39 is 0 Å². The molecule has 148 valence electrons. The number of hydrogen-bond donors (Lipinski definition) is 1. The van der Waals surface area contributed by atoms with Gasteiger partial charge in [0.15, 0.2) is 0 Å². The molecule has 8 atom stereocenters. The van der Waals surface area contributed by atoms with Gasteiger partial charge in [-0.05, 0) is 105 Å². The fourth-order valence-electron chi connectivity index (χ4n) is 8.22. The summed E-state index contributed by atoms with van der Waals surface area (Å²) in [5.74, 6) is 4.56. The Balaban J connectivity index is 1.56. The molecule has 0 heterocycles. The molecular weight excluding hydrogens is 384 g/mol. The predicted molar refractivity (Wildman–Crippen MR) is 113 cm³/mol. The van der Waals surface area contributed by atoms with Crippen LogP contribution in [0.2, 0.25) is 0 Å². The number of allylic oxidation sites excluding steroid dienone is 1. The Morgan fingerprint density at radius 3 is 2.73 bits per heavy atom. The molecule has 4 aliphatic carbocycles. The summed E-state index contributed by atoms with van der Waals surface area (Å²) in [7, 11) is 0. The lowest BCUT2D eigenvalue weighted by Gasteiger charge is -2.58. The van der Waals surface area contributed by atoms with Gasteiger partial charge in [-0.15, -0.1) is 0 Å². The summed E-state index contributed by atoms with van der Waals surface area (Å²) < 4.78 is 0. The van der Waals surface area contributed by atoms with Crippen molar-refractivity contribution in [3.05, 3.63) is 11.6 Å². The first-order valence-electron chi connectivity index (χ1n) is 11.3. The van der Waals surface area contributed by atoms with Crippen LogP contribution in [-0.2, 0) is 0 Å². The van der Waals surface area contributed by atoms with Crippen LogP contribution < -0.4 is 0 Å². The molecule has 0 saturated heterocycles. The Hall–Kier alpha value is 0.180. The Morgan fingerprint density at radius 1 is 1.15 bits per heavy atom. The number of rotatable bonds is 4. The second-order valence-electron chi connectivity index (χ2n) is 10.7. The molecule has 4 rings (SSSR count). The summed E-state index contributed by atoms with van der Waals surface area (Å²) in [6.07, 6.45) is 15.5. The topological polar surface area (TPSA) is 20.2 Å². The normalized spacial score (nSPS) is 49.0. The van der Waals surface area contributed by atoms with Gasteiger partial charge >= 0.3 is 0 Å². The van der Waals surface area contributed by atoms with E-state index in [-0.39, 0.29) is 6.10 Å². The van der Waals surface area contributed by atoms with Gasteiger partial charge in [0.1, 0.15) is 0 Å². The van der Waals surface area contributed by atoms with E-state index >= 15 is 0 Å². The average molecular weight is 423 g/mol. The summed E-state index contributed by atoms with van der Waals surface area (Å²) >= 11 is 3.63. The molecule has 0 bridgehead atoms. The highest BCUT2D eigenvalue weighted by atomic mass is 79.9. The van der Waals surface area contributed by atoms with E-state index in [1.165, 1.54) is 51.4 Å². The first kappa shape index (κ1) is 19.5. The van der Waals surface area contributed by atoms with E-state index in [0.717, 1.165) is 47.8 Å². The van der Waals surface area contributed by atoms with Gasteiger partial charge in [0.05, 0.1) is 6.10 Å². The van der Waals surface area contributed by atoms with Gasteiger partial charge in [0.25, 0.3) is 0 Å². The average Bonchev–Trinajstić information content (AvgIpc) is 2.97. The lowest BCUT2D eigenvalue weighted by atomic mass is 9.47. The molecule has 26 heavy (non-hydrogen) atoms. The van der Waals surface area contributed by atoms with Crippen molar-refractivity contribution in [2.75, 3.05) is 5.33 Å². The van der Waals surface area contributed by atoms with Crippen molar-refractivity contribution in [3.63, 3.8) is 0 Å². The first-order valence-corrected chi connectivity index (χ1v) is 12.5. The maximum absolute atomic E-state index is 10.2. The SMILES string of the molecule is CC(CCCBr)C1CCC2C3CC=C4CC(O)CCC4(C)C3CCC12C. The molecular formula is C24H39BrO. The zero-order chi connectivity index (χ0) is 18.5. The van der Waals surface area contributed by atoms with Gasteiger partial charge in [-0.1, -0.05) is 48.4 Å². The van der Waals surface area contributed by atoms with Crippen LogP contribution in [0.25, 0.3) is 0 Å². The summed E-state index contributed by atoms with van der Waals surface area (Å²) in [6, 6.07) is 0. The van der Waals surface area contributed by atoms with Crippen molar-refractivity contribution in [1.82, 2.24) is 0 Å². The molecule has 3 saturated carbocycles. The van der Waals surface area contributed by atoms with Crippen molar-refractivity contribution in [1.29, 1.82) is 0 Å². The third-order valence-corrected chi connectivity index (χ3v) is 10.2. The standard InChI is InChI=1S/C24H39BrO/c1-16(5-4-14-25)20-8-9-21-19-7-6-17-15-18(26)10-12-23(17,2)22(19)11-13-24(20,21)3/h6,16,18-22,26H,4-5,7-15H2,1-3H3. The Bertz CT molecular complexity index is 556. The molecule has 0 radical (unpaired) electrons. The van der Waals surface area contributed by atoms with E-state index in [1.54, 1.807) is 5.57 Å². The van der Waals surface area contributed by atoms with Crippen LogP contribution in [-0.4, -0.2) is 16.5 Å². The minimum Gasteiger partial charge on any atom is -0.393 e. The molecule has 1 nitrogen and oxygen atoms in total. The fourth-order valence-corrected chi connectivity index (χ4v) is 8.54. The number of fused-ring (bicyclic) bond motifs is 5. The van der Waals surface area contributed by atoms with E-state index in [1.807, 2.05) is 0 Å². The van der Waals surface area contributed by atoms with Crippen molar-refractivity contribution < 1.29 is 5.11 Å². The van der Waals surface area contributed by atoms with E-state index in [2.05, 4.69) is 42.8 Å². The summed E-state index contributed by atoms with van der Waals surface area (Å²) in [5.41, 5.74) is 2.59. The Labute approximate surface area is 169 Å². The number of halogens is 1. The summed E-state index contributed by atoms with van der Waals surface area (Å²) in [6.45, 7) is 7.76. The molecule has 4 aliphatic rings. The van der Waals surface area contributed by atoms with Gasteiger partial charge in [0.2, 0.25) is 0 Å². The van der Waals surface area contributed by atoms with E-state index in [4.69, 9.17) is 0 Å². The van der Waals surface area contributed by atoms with Crippen LogP contribution in [0, 0.1) is 40.4 Å². The predicted octanol–water partition coefficient (Wildman–Crippen LogP) is 6.74. The van der Waals surface area contributed by atoms with Crippen molar-refractivity contribution >= 4 is 15.9 Å². The van der Waals surface area contributed by atoms with Gasteiger partial charge in [-0.3, -0.25) is 0 Å². The molecule has 1 N–H and O–H groups in total. The molecule has 0 spiro atoms. The summed E-state index contributed by atoms with van der Waals surface area (Å²) in [5, 5.41) is 11.3. The Kier molecular flexibility index (Phi) is 5.41. The quantitative estimate of drug-likeness (QED) is 0.392. The van der Waals surface area contributed by atoms with Gasteiger partial charge in [-0.2, -0.15) is 0 Å². The molecule has 8 unspecified atom stereocenters.